The summed E-state index contributed by atoms with van der Waals surface area (Å²) < 4.78 is 0. The highest BCUT2D eigenvalue weighted by atomic mass is 32.1. The third-order valence-electron chi connectivity index (χ3n) is 5.68. The second-order valence-electron chi connectivity index (χ2n) is 7.63. The van der Waals surface area contributed by atoms with Gasteiger partial charge in [-0.3, -0.25) is 4.79 Å². The molecule has 3 aromatic rings. The zero-order valence-corrected chi connectivity index (χ0v) is 17.2. The number of rotatable bonds is 5. The fourth-order valence-electron chi connectivity index (χ4n) is 4.14. The summed E-state index contributed by atoms with van der Waals surface area (Å²) in [5.41, 5.74) is 4.20. The van der Waals surface area contributed by atoms with Crippen LogP contribution in [0.15, 0.2) is 42.6 Å². The van der Waals surface area contributed by atoms with E-state index < -0.39 is 0 Å². The Hall–Kier alpha value is -2.73. The number of thiazole rings is 1. The van der Waals surface area contributed by atoms with E-state index in [-0.39, 0.29) is 5.91 Å². The normalized spacial score (nSPS) is 15.1. The molecule has 0 radical (unpaired) electrons. The predicted octanol–water partition coefficient (Wildman–Crippen LogP) is 4.27. The number of carbonyl (C=O) groups is 1. The monoisotopic (exact) mass is 404 g/mol. The van der Waals surface area contributed by atoms with E-state index in [0.29, 0.717) is 5.56 Å². The average Bonchev–Trinajstić information content (AvgIpc) is 3.37. The van der Waals surface area contributed by atoms with Crippen molar-refractivity contribution in [2.24, 2.45) is 0 Å². The quantitative estimate of drug-likeness (QED) is 0.690. The van der Waals surface area contributed by atoms with Crippen molar-refractivity contribution in [3.05, 3.63) is 69.3 Å². The first kappa shape index (κ1) is 18.3. The molecule has 0 fully saturated rings. The summed E-state index contributed by atoms with van der Waals surface area (Å²) in [7, 11) is 0. The van der Waals surface area contributed by atoms with Crippen molar-refractivity contribution in [1.82, 2.24) is 9.97 Å². The van der Waals surface area contributed by atoms with E-state index in [1.807, 2.05) is 46.6 Å². The average molecular weight is 405 g/mol. The zero-order chi connectivity index (χ0) is 19.6. The molecule has 0 saturated heterocycles. The molecule has 0 bridgehead atoms. The molecule has 1 aliphatic carbocycles. The van der Waals surface area contributed by atoms with Crippen molar-refractivity contribution in [2.45, 2.75) is 38.5 Å². The van der Waals surface area contributed by atoms with E-state index in [4.69, 9.17) is 4.98 Å². The van der Waals surface area contributed by atoms with Crippen molar-refractivity contribution in [1.29, 1.82) is 0 Å². The summed E-state index contributed by atoms with van der Waals surface area (Å²) in [6.45, 7) is 1.53. The summed E-state index contributed by atoms with van der Waals surface area (Å²) in [5, 5.41) is 4.57. The fraction of sp³-hybridized carbons (Fsp3) is 0.348. The van der Waals surface area contributed by atoms with Gasteiger partial charge in [-0.15, -0.1) is 11.3 Å². The third kappa shape index (κ3) is 3.77. The number of aryl methyl sites for hydroxylation is 2. The molecule has 5 rings (SSSR count). The molecule has 5 nitrogen and oxygen atoms in total. The number of aromatic nitrogens is 2. The molecule has 2 aliphatic rings. The van der Waals surface area contributed by atoms with Crippen LogP contribution in [0.25, 0.3) is 0 Å². The molecular weight excluding hydrogens is 380 g/mol. The molecule has 1 N–H and O–H groups in total. The Kier molecular flexibility index (Phi) is 5.02. The Balaban J connectivity index is 1.18. The van der Waals surface area contributed by atoms with Gasteiger partial charge in [0.2, 0.25) is 0 Å². The van der Waals surface area contributed by atoms with Gasteiger partial charge in [0, 0.05) is 36.3 Å². The van der Waals surface area contributed by atoms with Crippen LogP contribution in [0, 0.1) is 0 Å². The number of para-hydroxylation sites is 1. The lowest BCUT2D eigenvalue weighted by atomic mass is 10.0. The van der Waals surface area contributed by atoms with Crippen LogP contribution >= 0.6 is 11.3 Å². The molecular formula is C23H24N4OS. The van der Waals surface area contributed by atoms with Gasteiger partial charge in [0.1, 0.15) is 5.82 Å². The lowest BCUT2D eigenvalue weighted by Gasteiger charge is -2.17. The highest BCUT2D eigenvalue weighted by Gasteiger charge is 2.25. The Morgan fingerprint density at radius 1 is 1.10 bits per heavy atom. The van der Waals surface area contributed by atoms with Crippen molar-refractivity contribution < 1.29 is 4.79 Å². The number of hydrogen-bond acceptors (Lipinski definition) is 5. The van der Waals surface area contributed by atoms with Crippen LogP contribution in [0.2, 0.25) is 0 Å². The molecule has 29 heavy (non-hydrogen) atoms. The van der Waals surface area contributed by atoms with E-state index >= 15 is 0 Å². The van der Waals surface area contributed by atoms with Crippen LogP contribution in [0.4, 0.5) is 11.5 Å². The Morgan fingerprint density at radius 2 is 2.00 bits per heavy atom. The lowest BCUT2D eigenvalue weighted by molar-refractivity contribution is 0.0989. The van der Waals surface area contributed by atoms with Gasteiger partial charge in [-0.25, -0.2) is 9.97 Å². The van der Waals surface area contributed by atoms with E-state index in [1.165, 1.54) is 40.4 Å². The van der Waals surface area contributed by atoms with Gasteiger partial charge >= 0.3 is 0 Å². The molecule has 0 spiro atoms. The van der Waals surface area contributed by atoms with Crippen LogP contribution < -0.4 is 10.2 Å². The van der Waals surface area contributed by atoms with E-state index in [0.717, 1.165) is 43.9 Å². The first-order valence-corrected chi connectivity index (χ1v) is 11.2. The number of hydrogen-bond donors (Lipinski definition) is 1. The molecule has 3 heterocycles. The van der Waals surface area contributed by atoms with Crippen LogP contribution in [0.1, 0.15) is 44.3 Å². The largest absolute Gasteiger partial charge is 0.370 e. The first-order chi connectivity index (χ1) is 14.3. The number of nitrogens with zero attached hydrogens (tertiary/aromatic N) is 3. The van der Waals surface area contributed by atoms with Gasteiger partial charge < -0.3 is 10.2 Å². The lowest BCUT2D eigenvalue weighted by Crippen LogP contribution is -2.28. The SMILES string of the molecule is O=C(c1ccc(NCCc2nc3c(s2)CCCC3)nc1)N1CCc2ccccc21. The maximum atomic E-state index is 12.9. The molecule has 0 atom stereocenters. The number of anilines is 2. The molecule has 6 heteroatoms. The van der Waals surface area contributed by atoms with Crippen LogP contribution in [-0.4, -0.2) is 29.0 Å². The Labute approximate surface area is 174 Å². The highest BCUT2D eigenvalue weighted by Crippen LogP contribution is 2.29. The van der Waals surface area contributed by atoms with Crippen LogP contribution in [-0.2, 0) is 25.7 Å². The number of carbonyl (C=O) groups excluding carboxylic acids is 1. The second-order valence-corrected chi connectivity index (χ2v) is 8.80. The Bertz CT molecular complexity index is 1000. The van der Waals surface area contributed by atoms with Gasteiger partial charge in [-0.1, -0.05) is 18.2 Å². The minimum Gasteiger partial charge on any atom is -0.370 e. The van der Waals surface area contributed by atoms with Crippen molar-refractivity contribution in [2.75, 3.05) is 23.3 Å². The van der Waals surface area contributed by atoms with Gasteiger partial charge in [0.15, 0.2) is 0 Å². The van der Waals surface area contributed by atoms with Gasteiger partial charge in [-0.2, -0.15) is 0 Å². The number of fused-ring (bicyclic) bond motifs is 2. The van der Waals surface area contributed by atoms with Crippen molar-refractivity contribution in [3.8, 4) is 0 Å². The van der Waals surface area contributed by atoms with Gasteiger partial charge in [0.05, 0.1) is 16.3 Å². The molecule has 1 aliphatic heterocycles. The first-order valence-electron chi connectivity index (χ1n) is 10.3. The summed E-state index contributed by atoms with van der Waals surface area (Å²) in [5.74, 6) is 0.812. The van der Waals surface area contributed by atoms with Gasteiger partial charge in [-0.05, 0) is 55.9 Å². The number of pyridine rings is 1. The summed E-state index contributed by atoms with van der Waals surface area (Å²) >= 11 is 1.86. The molecule has 0 saturated carbocycles. The summed E-state index contributed by atoms with van der Waals surface area (Å²) in [6.07, 6.45) is 8.39. The zero-order valence-electron chi connectivity index (χ0n) is 16.4. The van der Waals surface area contributed by atoms with Crippen molar-refractivity contribution in [3.63, 3.8) is 0 Å². The third-order valence-corrected chi connectivity index (χ3v) is 6.89. The summed E-state index contributed by atoms with van der Waals surface area (Å²) in [6, 6.07) is 11.9. The molecule has 1 aromatic carbocycles. The maximum Gasteiger partial charge on any atom is 0.259 e. The smallest absolute Gasteiger partial charge is 0.259 e. The van der Waals surface area contributed by atoms with Gasteiger partial charge in [0.25, 0.3) is 5.91 Å². The number of nitrogens with one attached hydrogen (secondary N) is 1. The predicted molar refractivity (Wildman–Crippen MR) is 117 cm³/mol. The van der Waals surface area contributed by atoms with E-state index in [9.17, 15) is 4.79 Å². The molecule has 148 valence electrons. The van der Waals surface area contributed by atoms with E-state index in [1.54, 1.807) is 6.20 Å². The maximum absolute atomic E-state index is 12.9. The minimum absolute atomic E-state index is 0.0161. The molecule has 2 aromatic heterocycles. The molecule has 1 amide bonds. The fourth-order valence-corrected chi connectivity index (χ4v) is 5.30. The number of amides is 1. The highest BCUT2D eigenvalue weighted by molar-refractivity contribution is 7.11. The molecule has 0 unspecified atom stereocenters. The second kappa shape index (κ2) is 7.95. The van der Waals surface area contributed by atoms with Crippen molar-refractivity contribution >= 4 is 28.7 Å². The summed E-state index contributed by atoms with van der Waals surface area (Å²) in [4.78, 5) is 25.4. The number of benzene rings is 1. The Morgan fingerprint density at radius 3 is 2.86 bits per heavy atom. The van der Waals surface area contributed by atoms with Crippen LogP contribution in [0.3, 0.4) is 0 Å². The van der Waals surface area contributed by atoms with Crippen LogP contribution in [0.5, 0.6) is 0 Å². The topological polar surface area (TPSA) is 58.1 Å². The standard InChI is InChI=1S/C23H24N4OS/c28-23(27-14-12-16-5-1-3-7-19(16)27)17-9-10-21(25-15-17)24-13-11-22-26-18-6-2-4-8-20(18)29-22/h1,3,5,7,9-10,15H,2,4,6,8,11-14H2,(H,24,25). The minimum atomic E-state index is 0.0161. The van der Waals surface area contributed by atoms with E-state index in [2.05, 4.69) is 16.4 Å².